The molecular weight excluding hydrogens is 374 g/mol. The fourth-order valence-electron chi connectivity index (χ4n) is 3.42. The SMILES string of the molecule is COc1ccc(-c2ccc3nnc(SCC(=O)NC4CCCCC4)n3n2)cc1. The third-order valence-corrected chi connectivity index (χ3v) is 5.84. The van der Waals surface area contributed by atoms with Gasteiger partial charge in [0.2, 0.25) is 11.1 Å². The van der Waals surface area contributed by atoms with E-state index >= 15 is 0 Å². The molecule has 3 aromatic rings. The van der Waals surface area contributed by atoms with Crippen LogP contribution in [0.25, 0.3) is 16.9 Å². The summed E-state index contributed by atoms with van der Waals surface area (Å²) < 4.78 is 6.90. The van der Waals surface area contributed by atoms with E-state index in [1.54, 1.807) is 11.6 Å². The highest BCUT2D eigenvalue weighted by molar-refractivity contribution is 7.99. The minimum Gasteiger partial charge on any atom is -0.497 e. The van der Waals surface area contributed by atoms with Gasteiger partial charge >= 0.3 is 0 Å². The molecule has 7 nitrogen and oxygen atoms in total. The zero-order valence-electron chi connectivity index (χ0n) is 15.8. The van der Waals surface area contributed by atoms with Crippen molar-refractivity contribution in [2.75, 3.05) is 12.9 Å². The molecule has 0 unspecified atom stereocenters. The third kappa shape index (κ3) is 4.27. The van der Waals surface area contributed by atoms with Crippen LogP contribution in [0.3, 0.4) is 0 Å². The number of aromatic nitrogens is 4. The molecule has 0 aliphatic heterocycles. The minimum absolute atomic E-state index is 0.0416. The minimum atomic E-state index is 0.0416. The molecule has 1 saturated carbocycles. The van der Waals surface area contributed by atoms with Gasteiger partial charge < -0.3 is 10.1 Å². The summed E-state index contributed by atoms with van der Waals surface area (Å²) in [5.41, 5.74) is 2.44. The second-order valence-corrected chi connectivity index (χ2v) is 7.83. The Kier molecular flexibility index (Phi) is 5.76. The van der Waals surface area contributed by atoms with E-state index in [9.17, 15) is 4.79 Å². The van der Waals surface area contributed by atoms with Crippen LogP contribution in [0.4, 0.5) is 0 Å². The number of hydrogen-bond acceptors (Lipinski definition) is 6. The molecule has 0 radical (unpaired) electrons. The summed E-state index contributed by atoms with van der Waals surface area (Å²) in [6, 6.07) is 11.8. The van der Waals surface area contributed by atoms with Crippen molar-refractivity contribution in [2.24, 2.45) is 0 Å². The van der Waals surface area contributed by atoms with Gasteiger partial charge in [-0.25, -0.2) is 0 Å². The third-order valence-electron chi connectivity index (χ3n) is 4.92. The van der Waals surface area contributed by atoms with Crippen LogP contribution in [-0.4, -0.2) is 44.6 Å². The molecule has 1 amide bonds. The van der Waals surface area contributed by atoms with E-state index in [0.717, 1.165) is 29.8 Å². The fraction of sp³-hybridized carbons (Fsp3) is 0.400. The van der Waals surface area contributed by atoms with Gasteiger partial charge in [0.25, 0.3) is 0 Å². The quantitative estimate of drug-likeness (QED) is 0.643. The summed E-state index contributed by atoms with van der Waals surface area (Å²) in [6.45, 7) is 0. The van der Waals surface area contributed by atoms with Crippen LogP contribution in [0.1, 0.15) is 32.1 Å². The number of carbonyl (C=O) groups is 1. The lowest BCUT2D eigenvalue weighted by Crippen LogP contribution is -2.37. The number of nitrogens with zero attached hydrogens (tertiary/aromatic N) is 4. The predicted molar refractivity (Wildman–Crippen MR) is 109 cm³/mol. The largest absolute Gasteiger partial charge is 0.497 e. The first-order chi connectivity index (χ1) is 13.7. The Bertz CT molecular complexity index is 951. The normalized spacial score (nSPS) is 14.9. The molecule has 8 heteroatoms. The molecular formula is C20H23N5O2S. The van der Waals surface area contributed by atoms with Crippen LogP contribution in [0.2, 0.25) is 0 Å². The molecule has 2 heterocycles. The van der Waals surface area contributed by atoms with Crippen LogP contribution >= 0.6 is 11.8 Å². The summed E-state index contributed by atoms with van der Waals surface area (Å²) in [7, 11) is 1.64. The maximum absolute atomic E-state index is 12.3. The van der Waals surface area contributed by atoms with Crippen molar-refractivity contribution in [1.29, 1.82) is 0 Å². The maximum Gasteiger partial charge on any atom is 0.230 e. The first-order valence-corrected chi connectivity index (χ1v) is 10.5. The highest BCUT2D eigenvalue weighted by atomic mass is 32.2. The average molecular weight is 398 g/mol. The van der Waals surface area contributed by atoms with Crippen molar-refractivity contribution < 1.29 is 9.53 Å². The average Bonchev–Trinajstić information content (AvgIpc) is 3.15. The Hall–Kier alpha value is -2.61. The number of rotatable bonds is 6. The van der Waals surface area contributed by atoms with Crippen molar-refractivity contribution in [3.05, 3.63) is 36.4 Å². The number of amides is 1. The molecule has 1 N–H and O–H groups in total. The van der Waals surface area contributed by atoms with Gasteiger partial charge in [-0.3, -0.25) is 4.79 Å². The Morgan fingerprint density at radius 2 is 1.93 bits per heavy atom. The number of nitrogens with one attached hydrogen (secondary N) is 1. The van der Waals surface area contributed by atoms with Gasteiger partial charge in [-0.15, -0.1) is 10.2 Å². The highest BCUT2D eigenvalue weighted by Gasteiger charge is 2.17. The van der Waals surface area contributed by atoms with Gasteiger partial charge in [-0.05, 0) is 49.2 Å². The number of hydrogen-bond donors (Lipinski definition) is 1. The molecule has 0 atom stereocenters. The summed E-state index contributed by atoms with van der Waals surface area (Å²) in [5, 5.41) is 16.7. The number of methoxy groups -OCH3 is 1. The van der Waals surface area contributed by atoms with Crippen molar-refractivity contribution >= 4 is 23.3 Å². The lowest BCUT2D eigenvalue weighted by molar-refractivity contribution is -0.119. The zero-order chi connectivity index (χ0) is 19.3. The molecule has 2 aromatic heterocycles. The van der Waals surface area contributed by atoms with Gasteiger partial charge in [0.1, 0.15) is 5.75 Å². The number of carbonyl (C=O) groups excluding carboxylic acids is 1. The summed E-state index contributed by atoms with van der Waals surface area (Å²) in [6.07, 6.45) is 5.83. The van der Waals surface area contributed by atoms with Gasteiger partial charge in [0, 0.05) is 11.6 Å². The van der Waals surface area contributed by atoms with E-state index in [0.29, 0.717) is 22.6 Å². The van der Waals surface area contributed by atoms with Crippen LogP contribution in [0.5, 0.6) is 5.75 Å². The summed E-state index contributed by atoms with van der Waals surface area (Å²) in [4.78, 5) is 12.3. The highest BCUT2D eigenvalue weighted by Crippen LogP contribution is 2.23. The Labute approximate surface area is 167 Å². The molecule has 1 aliphatic rings. The topological polar surface area (TPSA) is 81.4 Å². The number of thioether (sulfide) groups is 1. The number of ether oxygens (including phenoxy) is 1. The van der Waals surface area contributed by atoms with Crippen LogP contribution in [0.15, 0.2) is 41.6 Å². The molecule has 0 bridgehead atoms. The van der Waals surface area contributed by atoms with Crippen molar-refractivity contribution in [3.8, 4) is 17.0 Å². The second-order valence-electron chi connectivity index (χ2n) is 6.89. The maximum atomic E-state index is 12.3. The summed E-state index contributed by atoms with van der Waals surface area (Å²) in [5.74, 6) is 1.15. The number of fused-ring (bicyclic) bond motifs is 1. The molecule has 28 heavy (non-hydrogen) atoms. The predicted octanol–water partition coefficient (Wildman–Crippen LogP) is 3.34. The smallest absolute Gasteiger partial charge is 0.230 e. The van der Waals surface area contributed by atoms with E-state index in [4.69, 9.17) is 4.74 Å². The first kappa shape index (κ1) is 18.7. The molecule has 1 aliphatic carbocycles. The standard InChI is InChI=1S/C20H23N5O2S/c1-27-16-9-7-14(8-10-16)17-11-12-18-22-23-20(25(18)24-17)28-13-19(26)21-15-5-3-2-4-6-15/h7-12,15H,2-6,13H2,1H3,(H,21,26). The Balaban J connectivity index is 1.45. The van der Waals surface area contributed by atoms with Gasteiger partial charge in [-0.1, -0.05) is 31.0 Å². The van der Waals surface area contributed by atoms with E-state index in [1.165, 1.54) is 31.0 Å². The Morgan fingerprint density at radius 3 is 2.68 bits per heavy atom. The fourth-order valence-corrected chi connectivity index (χ4v) is 4.12. The lowest BCUT2D eigenvalue weighted by atomic mass is 9.95. The van der Waals surface area contributed by atoms with Crippen LogP contribution in [0, 0.1) is 0 Å². The van der Waals surface area contributed by atoms with Crippen molar-refractivity contribution in [2.45, 2.75) is 43.3 Å². The monoisotopic (exact) mass is 397 g/mol. The van der Waals surface area contributed by atoms with Gasteiger partial charge in [-0.2, -0.15) is 9.61 Å². The van der Waals surface area contributed by atoms with E-state index in [-0.39, 0.29) is 5.91 Å². The van der Waals surface area contributed by atoms with Crippen LogP contribution < -0.4 is 10.1 Å². The van der Waals surface area contributed by atoms with Crippen LogP contribution in [-0.2, 0) is 4.79 Å². The lowest BCUT2D eigenvalue weighted by Gasteiger charge is -2.22. The van der Waals surface area contributed by atoms with Gasteiger partial charge in [0.05, 0.1) is 18.6 Å². The van der Waals surface area contributed by atoms with E-state index in [2.05, 4.69) is 20.6 Å². The molecule has 0 saturated heterocycles. The number of benzene rings is 1. The van der Waals surface area contributed by atoms with Gasteiger partial charge in [0.15, 0.2) is 5.65 Å². The molecule has 1 aromatic carbocycles. The van der Waals surface area contributed by atoms with E-state index in [1.807, 2.05) is 36.4 Å². The van der Waals surface area contributed by atoms with E-state index < -0.39 is 0 Å². The molecule has 0 spiro atoms. The molecule has 146 valence electrons. The van der Waals surface area contributed by atoms with Crippen molar-refractivity contribution in [3.63, 3.8) is 0 Å². The van der Waals surface area contributed by atoms with Crippen molar-refractivity contribution in [1.82, 2.24) is 25.1 Å². The summed E-state index contributed by atoms with van der Waals surface area (Å²) >= 11 is 1.36. The molecule has 4 rings (SSSR count). The second kappa shape index (κ2) is 8.60. The zero-order valence-corrected chi connectivity index (χ0v) is 16.6. The molecule has 1 fully saturated rings. The first-order valence-electron chi connectivity index (χ1n) is 9.52. The Morgan fingerprint density at radius 1 is 1.14 bits per heavy atom.